The highest BCUT2D eigenvalue weighted by molar-refractivity contribution is 7.40. The van der Waals surface area contributed by atoms with Gasteiger partial charge in [-0.15, -0.1) is 0 Å². The molecule has 132 valence electrons. The fourth-order valence-electron chi connectivity index (χ4n) is 3.58. The third-order valence-electron chi connectivity index (χ3n) is 4.94. The van der Waals surface area contributed by atoms with E-state index >= 15 is 0 Å². The minimum atomic E-state index is 0.953. The average Bonchev–Trinajstić information content (AvgIpc) is 3.39. The van der Waals surface area contributed by atoms with E-state index in [1.54, 1.807) is 0 Å². The van der Waals surface area contributed by atoms with Crippen molar-refractivity contribution in [2.45, 2.75) is 0 Å². The molecule has 2 aromatic heterocycles. The number of benzene rings is 4. The number of fused-ring (bicyclic) bond motifs is 5. The molecule has 0 aliphatic carbocycles. The lowest BCUT2D eigenvalue weighted by molar-refractivity contribution is 0.639. The molecule has 0 spiro atoms. The van der Waals surface area contributed by atoms with Crippen molar-refractivity contribution >= 4 is 48.6 Å². The smallest absolute Gasteiger partial charge is 0.161 e. The second-order valence-electron chi connectivity index (χ2n) is 6.69. The molecule has 2 nitrogen and oxygen atoms in total. The summed E-state index contributed by atoms with van der Waals surface area (Å²) in [6.07, 6.45) is 0. The SMILES string of the molecule is c1ccc(-c2oc3c(ccc4c3ccc3pc(-c5ccccc5)oc34)p2)cc1. The molecule has 4 aromatic carbocycles. The lowest BCUT2D eigenvalue weighted by Crippen LogP contribution is -1.74. The fourth-order valence-corrected chi connectivity index (χ4v) is 5.69. The molecule has 28 heavy (non-hydrogen) atoms. The van der Waals surface area contributed by atoms with Crippen molar-refractivity contribution in [2.75, 3.05) is 0 Å². The lowest BCUT2D eigenvalue weighted by atomic mass is 10.1. The van der Waals surface area contributed by atoms with Gasteiger partial charge in [-0.1, -0.05) is 60.7 Å². The molecule has 0 N–H and O–H groups in total. The zero-order chi connectivity index (χ0) is 18.5. The van der Waals surface area contributed by atoms with Crippen LogP contribution in [0, 0.1) is 0 Å². The molecule has 0 fully saturated rings. The van der Waals surface area contributed by atoms with Crippen molar-refractivity contribution in [2.24, 2.45) is 0 Å². The van der Waals surface area contributed by atoms with E-state index in [2.05, 4.69) is 48.5 Å². The second-order valence-corrected chi connectivity index (χ2v) is 8.92. The quantitative estimate of drug-likeness (QED) is 0.292. The summed E-state index contributed by atoms with van der Waals surface area (Å²) in [5.74, 6) is 0. The fraction of sp³-hybridized carbons (Fsp3) is 0. The molecule has 6 rings (SSSR count). The van der Waals surface area contributed by atoms with E-state index in [4.69, 9.17) is 8.83 Å². The Kier molecular flexibility index (Phi) is 3.62. The van der Waals surface area contributed by atoms with Crippen LogP contribution < -0.4 is 0 Å². The van der Waals surface area contributed by atoms with Gasteiger partial charge in [0, 0.05) is 32.1 Å². The summed E-state index contributed by atoms with van der Waals surface area (Å²) in [4.78, 5) is 0. The highest BCUT2D eigenvalue weighted by Gasteiger charge is 2.15. The Morgan fingerprint density at radius 2 is 0.893 bits per heavy atom. The van der Waals surface area contributed by atoms with Gasteiger partial charge in [0.05, 0.1) is 0 Å². The molecule has 4 heteroatoms. The van der Waals surface area contributed by atoms with E-state index < -0.39 is 0 Å². The molecule has 2 heterocycles. The van der Waals surface area contributed by atoms with Crippen molar-refractivity contribution in [3.8, 4) is 22.1 Å². The third kappa shape index (κ3) is 2.50. The monoisotopic (exact) mass is 396 g/mol. The second kappa shape index (κ2) is 6.31. The Morgan fingerprint density at radius 3 is 1.32 bits per heavy atom. The largest absolute Gasteiger partial charge is 0.450 e. The van der Waals surface area contributed by atoms with Gasteiger partial charge in [0.25, 0.3) is 0 Å². The van der Waals surface area contributed by atoms with Crippen molar-refractivity contribution in [1.29, 1.82) is 0 Å². The first kappa shape index (κ1) is 16.1. The van der Waals surface area contributed by atoms with Gasteiger partial charge < -0.3 is 8.83 Å². The van der Waals surface area contributed by atoms with Gasteiger partial charge in [-0.2, -0.15) is 0 Å². The van der Waals surface area contributed by atoms with Crippen molar-refractivity contribution in [1.82, 2.24) is 0 Å². The predicted octanol–water partition coefficient (Wildman–Crippen LogP) is 8.83. The Labute approximate surface area is 164 Å². The van der Waals surface area contributed by atoms with Gasteiger partial charge in [-0.3, -0.25) is 0 Å². The van der Waals surface area contributed by atoms with Gasteiger partial charge >= 0.3 is 0 Å². The molecular weight excluding hydrogens is 382 g/mol. The Hall–Kier alpha value is -2.92. The molecule has 0 amide bonds. The standard InChI is InChI=1S/C24H14O2P2/c1-3-7-15(8-4-1)23-25-21-17-12-14-20-22(18(17)11-13-19(21)27-23)26-24(28-20)16-9-5-2-6-10-16/h1-14H. The summed E-state index contributed by atoms with van der Waals surface area (Å²) in [7, 11) is 2.22. The van der Waals surface area contributed by atoms with E-state index in [-0.39, 0.29) is 0 Å². The van der Waals surface area contributed by atoms with Crippen molar-refractivity contribution < 1.29 is 8.83 Å². The number of hydrogen-bond donors (Lipinski definition) is 0. The highest BCUT2D eigenvalue weighted by atomic mass is 31.0. The Morgan fingerprint density at radius 1 is 0.464 bits per heavy atom. The van der Waals surface area contributed by atoms with E-state index in [1.807, 2.05) is 36.4 Å². The van der Waals surface area contributed by atoms with Crippen LogP contribution in [-0.2, 0) is 0 Å². The maximum Gasteiger partial charge on any atom is 0.161 e. The molecule has 0 aliphatic rings. The van der Waals surface area contributed by atoms with Crippen LogP contribution in [0.3, 0.4) is 0 Å². The lowest BCUT2D eigenvalue weighted by Gasteiger charge is -1.99. The van der Waals surface area contributed by atoms with Gasteiger partial charge in [-0.25, -0.2) is 0 Å². The van der Waals surface area contributed by atoms with Crippen LogP contribution in [0.5, 0.6) is 0 Å². The zero-order valence-electron chi connectivity index (χ0n) is 14.8. The van der Waals surface area contributed by atoms with E-state index in [0.717, 1.165) is 60.4 Å². The number of rotatable bonds is 2. The molecule has 0 saturated carbocycles. The van der Waals surface area contributed by atoms with E-state index in [0.29, 0.717) is 0 Å². The van der Waals surface area contributed by atoms with Crippen LogP contribution in [0.1, 0.15) is 0 Å². The molecule has 0 bridgehead atoms. The highest BCUT2D eigenvalue weighted by Crippen LogP contribution is 2.45. The molecule has 6 aromatic rings. The maximum absolute atomic E-state index is 6.32. The minimum Gasteiger partial charge on any atom is -0.450 e. The van der Waals surface area contributed by atoms with Crippen LogP contribution >= 0.6 is 16.4 Å². The van der Waals surface area contributed by atoms with Crippen LogP contribution in [0.4, 0.5) is 0 Å². The van der Waals surface area contributed by atoms with Gasteiger partial charge in [0.15, 0.2) is 11.0 Å². The molecule has 0 saturated heterocycles. The Balaban J connectivity index is 1.59. The maximum atomic E-state index is 6.32. The van der Waals surface area contributed by atoms with Crippen LogP contribution in [-0.4, -0.2) is 0 Å². The Bertz CT molecular complexity index is 1330. The van der Waals surface area contributed by atoms with Crippen LogP contribution in [0.2, 0.25) is 0 Å². The predicted molar refractivity (Wildman–Crippen MR) is 119 cm³/mol. The van der Waals surface area contributed by atoms with Gasteiger partial charge in [0.1, 0.15) is 11.2 Å². The van der Waals surface area contributed by atoms with Gasteiger partial charge in [-0.05, 0) is 40.7 Å². The average molecular weight is 396 g/mol. The van der Waals surface area contributed by atoms with Gasteiger partial charge in [0.2, 0.25) is 0 Å². The minimum absolute atomic E-state index is 0.953. The summed E-state index contributed by atoms with van der Waals surface area (Å²) in [5.41, 5.74) is 6.13. The summed E-state index contributed by atoms with van der Waals surface area (Å²) < 4.78 is 12.6. The summed E-state index contributed by atoms with van der Waals surface area (Å²) in [5, 5.41) is 4.63. The molecule has 0 atom stereocenters. The third-order valence-corrected chi connectivity index (χ3v) is 7.23. The molecular formula is C24H14O2P2. The molecule has 0 aliphatic heterocycles. The first-order valence-electron chi connectivity index (χ1n) is 9.10. The van der Waals surface area contributed by atoms with E-state index in [1.165, 1.54) is 10.2 Å². The van der Waals surface area contributed by atoms with Crippen molar-refractivity contribution in [3.05, 3.63) is 84.9 Å². The normalized spacial score (nSPS) is 12.1. The first-order chi connectivity index (χ1) is 13.9. The number of hydrogen-bond acceptors (Lipinski definition) is 2. The summed E-state index contributed by atoms with van der Waals surface area (Å²) in [6.45, 7) is 0. The molecule has 0 radical (unpaired) electrons. The first-order valence-corrected chi connectivity index (χ1v) is 10.9. The van der Waals surface area contributed by atoms with Crippen molar-refractivity contribution in [3.63, 3.8) is 0 Å². The van der Waals surface area contributed by atoms with Crippen LogP contribution in [0.15, 0.2) is 93.8 Å². The van der Waals surface area contributed by atoms with Crippen LogP contribution in [0.25, 0.3) is 54.3 Å². The zero-order valence-corrected chi connectivity index (χ0v) is 16.6. The molecule has 0 unspecified atom stereocenters. The summed E-state index contributed by atoms with van der Waals surface area (Å²) >= 11 is 0. The van der Waals surface area contributed by atoms with E-state index in [9.17, 15) is 0 Å². The topological polar surface area (TPSA) is 26.3 Å². The summed E-state index contributed by atoms with van der Waals surface area (Å²) in [6, 6.07) is 29.3.